The average molecular weight is 606 g/mol. The van der Waals surface area contributed by atoms with Gasteiger partial charge in [-0.3, -0.25) is 10.1 Å². The quantitative estimate of drug-likeness (QED) is 0.165. The minimum atomic E-state index is -4.72. The van der Waals surface area contributed by atoms with Gasteiger partial charge in [0.2, 0.25) is 5.75 Å². The van der Waals surface area contributed by atoms with Gasteiger partial charge in [0.15, 0.2) is 0 Å². The van der Waals surface area contributed by atoms with E-state index in [1.165, 1.54) is 10.9 Å². The molecule has 1 heterocycles. The lowest BCUT2D eigenvalue weighted by molar-refractivity contribution is -0.385. The van der Waals surface area contributed by atoms with E-state index in [0.717, 1.165) is 37.0 Å². The van der Waals surface area contributed by atoms with Gasteiger partial charge in [-0.15, -0.1) is 11.3 Å². The van der Waals surface area contributed by atoms with Crippen molar-refractivity contribution in [3.63, 3.8) is 0 Å². The third-order valence-corrected chi connectivity index (χ3v) is 8.35. The smallest absolute Gasteiger partial charge is 0.416 e. The number of nitro benzene ring substituents is 1. The maximum absolute atomic E-state index is 13.0. The lowest BCUT2D eigenvalue weighted by atomic mass is 9.72. The first-order chi connectivity index (χ1) is 17.8. The number of nitrogens with zero attached hydrogens (tertiary/aromatic N) is 3. The molecule has 0 fully saturated rings. The predicted molar refractivity (Wildman–Crippen MR) is 144 cm³/mol. The highest BCUT2D eigenvalue weighted by molar-refractivity contribution is 9.10. The van der Waals surface area contributed by atoms with Gasteiger partial charge in [-0.05, 0) is 88.0 Å². The first-order valence-corrected chi connectivity index (χ1v) is 13.3. The molecule has 1 atom stereocenters. The maximum atomic E-state index is 13.0. The third kappa shape index (κ3) is 5.92. The van der Waals surface area contributed by atoms with Gasteiger partial charge in [-0.2, -0.15) is 18.4 Å². The second-order valence-corrected chi connectivity index (χ2v) is 12.0. The Morgan fingerprint density at radius 1 is 1.21 bits per heavy atom. The molecule has 0 spiro atoms. The van der Waals surface area contributed by atoms with Crippen LogP contribution in [0.4, 0.5) is 23.9 Å². The summed E-state index contributed by atoms with van der Waals surface area (Å²) in [5.74, 6) is 0.407. The fourth-order valence-corrected chi connectivity index (χ4v) is 6.07. The summed E-state index contributed by atoms with van der Waals surface area (Å²) in [6.07, 6.45) is -0.265. The number of thiophene rings is 1. The Labute approximate surface area is 230 Å². The van der Waals surface area contributed by atoms with Gasteiger partial charge in [0.1, 0.15) is 16.8 Å². The molecule has 1 aromatic heterocycles. The number of halogens is 4. The molecule has 0 bridgehead atoms. The van der Waals surface area contributed by atoms with Crippen LogP contribution in [0.2, 0.25) is 0 Å². The summed E-state index contributed by atoms with van der Waals surface area (Å²) in [6.45, 7) is 6.71. The molecule has 0 radical (unpaired) electrons. The van der Waals surface area contributed by atoms with Crippen LogP contribution in [0.1, 0.15) is 54.3 Å². The van der Waals surface area contributed by atoms with Gasteiger partial charge in [-0.1, -0.05) is 20.8 Å². The lowest BCUT2D eigenvalue weighted by Crippen LogP contribution is -2.26. The van der Waals surface area contributed by atoms with Crippen molar-refractivity contribution in [3.8, 4) is 17.6 Å². The van der Waals surface area contributed by atoms with Gasteiger partial charge < -0.3 is 4.74 Å². The molecule has 38 heavy (non-hydrogen) atoms. The van der Waals surface area contributed by atoms with Gasteiger partial charge in [0.05, 0.1) is 20.5 Å². The number of nitro groups is 1. The van der Waals surface area contributed by atoms with Crippen LogP contribution in [-0.4, -0.2) is 11.1 Å². The number of alkyl halides is 3. The average Bonchev–Trinajstić information content (AvgIpc) is 3.19. The Morgan fingerprint density at radius 3 is 2.53 bits per heavy atom. The molecule has 0 amide bonds. The number of hydrogen-bond acceptors (Lipinski definition) is 6. The molecule has 198 valence electrons. The van der Waals surface area contributed by atoms with Crippen molar-refractivity contribution in [2.45, 2.75) is 46.2 Å². The topological polar surface area (TPSA) is 88.5 Å². The van der Waals surface area contributed by atoms with Gasteiger partial charge >= 0.3 is 11.9 Å². The highest BCUT2D eigenvalue weighted by Crippen LogP contribution is 2.45. The van der Waals surface area contributed by atoms with Crippen LogP contribution >= 0.6 is 27.3 Å². The summed E-state index contributed by atoms with van der Waals surface area (Å²) in [7, 11) is 0. The summed E-state index contributed by atoms with van der Waals surface area (Å²) < 4.78 is 44.9. The minimum absolute atomic E-state index is 0.183. The standard InChI is InChI=1S/C27H23BrF3N3O3S/c1-26(2,3)16-5-7-18-19(13-32)25(38-24(18)12-16)33-14-15-4-8-22(20(28)10-15)37-23-9-6-17(27(29,30)31)11-21(23)34(35)36/h4,6,8-11,14,16H,5,7,12H2,1-3H3/t16-/m1/s1. The summed E-state index contributed by atoms with van der Waals surface area (Å²) >= 11 is 4.89. The molecule has 6 nitrogen and oxygen atoms in total. The van der Waals surface area contributed by atoms with E-state index in [9.17, 15) is 28.5 Å². The van der Waals surface area contributed by atoms with E-state index in [1.807, 2.05) is 0 Å². The van der Waals surface area contributed by atoms with Crippen LogP contribution in [0.25, 0.3) is 0 Å². The number of hydrogen-bond donors (Lipinski definition) is 0. The third-order valence-electron chi connectivity index (χ3n) is 6.57. The van der Waals surface area contributed by atoms with Crippen LogP contribution < -0.4 is 4.74 Å². The molecule has 2 aromatic carbocycles. The second kappa shape index (κ2) is 10.5. The molecule has 0 N–H and O–H groups in total. The Balaban J connectivity index is 1.56. The maximum Gasteiger partial charge on any atom is 0.416 e. The van der Waals surface area contributed by atoms with Crippen molar-refractivity contribution in [3.05, 3.63) is 78.1 Å². The molecule has 1 aliphatic carbocycles. The van der Waals surface area contributed by atoms with E-state index in [1.54, 1.807) is 29.7 Å². The summed E-state index contributed by atoms with van der Waals surface area (Å²) in [5.41, 5.74) is 0.638. The zero-order valence-corrected chi connectivity index (χ0v) is 23.1. The van der Waals surface area contributed by atoms with E-state index < -0.39 is 22.4 Å². The minimum Gasteiger partial charge on any atom is -0.449 e. The molecule has 4 rings (SSSR count). The number of rotatable bonds is 5. The van der Waals surface area contributed by atoms with Crippen molar-refractivity contribution < 1.29 is 22.8 Å². The molecule has 11 heteroatoms. The largest absolute Gasteiger partial charge is 0.449 e. The van der Waals surface area contributed by atoms with E-state index in [0.29, 0.717) is 32.6 Å². The summed E-state index contributed by atoms with van der Waals surface area (Å²) in [5, 5.41) is 21.8. The van der Waals surface area contributed by atoms with Gasteiger partial charge in [-0.25, -0.2) is 4.99 Å². The molecule has 0 aliphatic heterocycles. The molecule has 0 saturated heterocycles. The Hall–Kier alpha value is -3.23. The fourth-order valence-electron chi connectivity index (χ4n) is 4.37. The highest BCUT2D eigenvalue weighted by Gasteiger charge is 2.34. The SMILES string of the molecule is CC(C)(C)[C@@H]1CCc2c(sc(N=Cc3ccc(Oc4ccc(C(F)(F)F)cc4[N+](=O)[O-])c(Br)c3)c2C#N)C1. The van der Waals surface area contributed by atoms with Crippen LogP contribution in [0, 0.1) is 32.8 Å². The van der Waals surface area contributed by atoms with E-state index in [2.05, 4.69) is 47.8 Å². The van der Waals surface area contributed by atoms with Crippen molar-refractivity contribution >= 4 is 44.2 Å². The Morgan fingerprint density at radius 2 is 1.92 bits per heavy atom. The normalized spacial score (nSPS) is 15.8. The summed E-state index contributed by atoms with van der Waals surface area (Å²) in [4.78, 5) is 16.2. The van der Waals surface area contributed by atoms with Crippen molar-refractivity contribution in [2.75, 3.05) is 0 Å². The number of benzene rings is 2. The first-order valence-electron chi connectivity index (χ1n) is 11.7. The number of ether oxygens (including phenoxy) is 1. The monoisotopic (exact) mass is 605 g/mol. The van der Waals surface area contributed by atoms with Crippen molar-refractivity contribution in [1.29, 1.82) is 5.26 Å². The second-order valence-electron chi connectivity index (χ2n) is 10.1. The Bertz CT molecular complexity index is 1470. The number of fused-ring (bicyclic) bond motifs is 1. The van der Waals surface area contributed by atoms with E-state index in [-0.39, 0.29) is 16.9 Å². The molecular formula is C27H23BrF3N3O3S. The van der Waals surface area contributed by atoms with Crippen LogP contribution in [0.3, 0.4) is 0 Å². The van der Waals surface area contributed by atoms with Crippen LogP contribution in [0.15, 0.2) is 45.9 Å². The van der Waals surface area contributed by atoms with E-state index in [4.69, 9.17) is 4.74 Å². The van der Waals surface area contributed by atoms with Gasteiger partial charge in [0, 0.05) is 17.2 Å². The van der Waals surface area contributed by atoms with Crippen LogP contribution in [0.5, 0.6) is 11.5 Å². The molecule has 0 unspecified atom stereocenters. The number of nitriles is 1. The van der Waals surface area contributed by atoms with Crippen LogP contribution in [-0.2, 0) is 19.0 Å². The highest BCUT2D eigenvalue weighted by atomic mass is 79.9. The summed E-state index contributed by atoms with van der Waals surface area (Å²) in [6, 6.07) is 9.28. The lowest BCUT2D eigenvalue weighted by Gasteiger charge is -2.33. The first kappa shape index (κ1) is 27.8. The predicted octanol–water partition coefficient (Wildman–Crippen LogP) is 9.00. The van der Waals surface area contributed by atoms with Crippen molar-refractivity contribution in [2.24, 2.45) is 16.3 Å². The number of aliphatic imine (C=N–C) groups is 1. The van der Waals surface area contributed by atoms with Crippen molar-refractivity contribution in [1.82, 2.24) is 0 Å². The Kier molecular flexibility index (Phi) is 7.68. The molecular weight excluding hydrogens is 583 g/mol. The zero-order valence-electron chi connectivity index (χ0n) is 20.7. The molecule has 0 saturated carbocycles. The van der Waals surface area contributed by atoms with Gasteiger partial charge in [0.25, 0.3) is 0 Å². The fraction of sp³-hybridized carbons (Fsp3) is 0.333. The zero-order chi connectivity index (χ0) is 27.8. The molecule has 1 aliphatic rings. The van der Waals surface area contributed by atoms with E-state index >= 15 is 0 Å². The molecule has 3 aromatic rings.